The third kappa shape index (κ3) is 9.15. The number of fused-ring (bicyclic) bond motifs is 10. The first-order chi connectivity index (χ1) is 40.1. The molecule has 0 unspecified atom stereocenters. The maximum absolute atomic E-state index is 14.1. The zero-order valence-corrected chi connectivity index (χ0v) is 45.0. The number of carbonyl (C=O) groups is 2. The van der Waals surface area contributed by atoms with Gasteiger partial charge in [-0.25, -0.2) is 0 Å². The summed E-state index contributed by atoms with van der Waals surface area (Å²) in [5.41, 5.74) is 11.8. The zero-order valence-electron chi connectivity index (χ0n) is 45.0. The van der Waals surface area contributed by atoms with Gasteiger partial charge in [0.15, 0.2) is 11.5 Å². The summed E-state index contributed by atoms with van der Waals surface area (Å²) in [5.74, 6) is -1.52. The number of hydrogen-bond donors (Lipinski definition) is 6. The molecule has 13 heteroatoms. The van der Waals surface area contributed by atoms with Crippen molar-refractivity contribution < 1.29 is 19.8 Å². The van der Waals surface area contributed by atoms with Crippen LogP contribution in [0.4, 0.5) is 51.2 Å². The van der Waals surface area contributed by atoms with Crippen LogP contribution in [0.3, 0.4) is 0 Å². The number of H-pyrrole nitrogens is 2. The monoisotopic (exact) mass is 1070 g/mol. The second kappa shape index (κ2) is 21.0. The Labute approximate surface area is 471 Å². The van der Waals surface area contributed by atoms with Crippen LogP contribution in [0, 0.1) is 6.92 Å². The molecule has 0 saturated carbocycles. The van der Waals surface area contributed by atoms with E-state index in [9.17, 15) is 19.8 Å². The number of rotatable bonds is 13. The Morgan fingerprint density at radius 3 is 1.27 bits per heavy atom. The number of para-hydroxylation sites is 4. The molecule has 0 radical (unpaired) electrons. The number of nitrogens with zero attached hydrogens (tertiary/aromatic N) is 5. The standard InChI is InChI=1S/C69H53N9O4/c1-4-41-14-6-10-18-56(41)72-68(81)54-38-43-24-36-52-50-16-8-12-20-58(50)70-62(52)60(43)64(66(54)79)76-74-45-26-32-48(33-27-45)78(47-30-22-40(3)23-31-47)49-34-28-46(29-35-49)75-77-65-61-44(25-37-53-51-17-9-13-21-59(51)71-63(53)61)39-55(67(65)80)69(82)73-57-19-11-7-15-42(57)5-2/h6-39,70-71,79-80H,4-5H2,1-3H3,(H,72,81)(H,73,82). The molecule has 0 bridgehead atoms. The van der Waals surface area contributed by atoms with Crippen LogP contribution in [-0.4, -0.2) is 32.0 Å². The number of carbonyl (C=O) groups excluding carboxylic acids is 2. The predicted octanol–water partition coefficient (Wildman–Crippen LogP) is 18.9. The molecule has 82 heavy (non-hydrogen) atoms. The van der Waals surface area contributed by atoms with Crippen LogP contribution in [0.1, 0.15) is 51.3 Å². The molecule has 2 heterocycles. The molecule has 13 nitrogen and oxygen atoms in total. The van der Waals surface area contributed by atoms with E-state index in [-0.39, 0.29) is 34.0 Å². The van der Waals surface area contributed by atoms with Crippen LogP contribution in [-0.2, 0) is 12.8 Å². The normalized spacial score (nSPS) is 11.8. The van der Waals surface area contributed by atoms with Gasteiger partial charge in [0.25, 0.3) is 11.8 Å². The maximum atomic E-state index is 14.1. The Morgan fingerprint density at radius 2 is 0.841 bits per heavy atom. The van der Waals surface area contributed by atoms with E-state index in [0.29, 0.717) is 44.3 Å². The Hall–Kier alpha value is -10.9. The number of azo groups is 2. The minimum absolute atomic E-state index is 0.0704. The minimum atomic E-state index is -0.467. The second-order valence-electron chi connectivity index (χ2n) is 20.3. The van der Waals surface area contributed by atoms with Crippen molar-refractivity contribution in [3.63, 3.8) is 0 Å². The summed E-state index contributed by atoms with van der Waals surface area (Å²) in [6, 6.07) is 66.1. The highest BCUT2D eigenvalue weighted by Gasteiger charge is 2.25. The fraction of sp³-hybridized carbons (Fsp3) is 0.0725. The summed E-state index contributed by atoms with van der Waals surface area (Å²) in [4.78, 5) is 37.3. The molecule has 11 aromatic carbocycles. The lowest BCUT2D eigenvalue weighted by Crippen LogP contribution is -2.13. The van der Waals surface area contributed by atoms with Gasteiger partial charge in [-0.1, -0.05) is 129 Å². The number of nitrogens with one attached hydrogen (secondary N) is 4. The van der Waals surface area contributed by atoms with E-state index < -0.39 is 11.8 Å². The Kier molecular flexibility index (Phi) is 13.0. The highest BCUT2D eigenvalue weighted by Crippen LogP contribution is 2.47. The van der Waals surface area contributed by atoms with Crippen molar-refractivity contribution in [3.05, 3.63) is 234 Å². The molecule has 0 fully saturated rings. The van der Waals surface area contributed by atoms with Crippen LogP contribution < -0.4 is 15.5 Å². The van der Waals surface area contributed by atoms with E-state index >= 15 is 0 Å². The summed E-state index contributed by atoms with van der Waals surface area (Å²) in [7, 11) is 0. The molecule has 6 N–H and O–H groups in total. The van der Waals surface area contributed by atoms with Crippen molar-refractivity contribution in [2.75, 3.05) is 15.5 Å². The van der Waals surface area contributed by atoms with Crippen LogP contribution in [0.2, 0.25) is 0 Å². The molecule has 2 aromatic heterocycles. The van der Waals surface area contributed by atoms with Crippen LogP contribution in [0.5, 0.6) is 11.5 Å². The molecule has 13 aromatic rings. The van der Waals surface area contributed by atoms with E-state index in [1.165, 1.54) is 0 Å². The van der Waals surface area contributed by atoms with Gasteiger partial charge in [0, 0.05) is 71.8 Å². The number of hydrogen-bond acceptors (Lipinski definition) is 9. The van der Waals surface area contributed by atoms with E-state index in [4.69, 9.17) is 20.5 Å². The molecule has 0 spiro atoms. The third-order valence-electron chi connectivity index (χ3n) is 15.3. The predicted molar refractivity (Wildman–Crippen MR) is 332 cm³/mol. The molecule has 2 amide bonds. The van der Waals surface area contributed by atoms with Crippen LogP contribution in [0.25, 0.3) is 65.2 Å². The Bertz CT molecular complexity index is 4460. The van der Waals surface area contributed by atoms with Crippen molar-refractivity contribution in [2.45, 2.75) is 33.6 Å². The lowest BCUT2D eigenvalue weighted by Gasteiger charge is -2.25. The average molecular weight is 1070 g/mol. The number of benzene rings is 11. The van der Waals surface area contributed by atoms with Crippen molar-refractivity contribution in [2.24, 2.45) is 20.5 Å². The molecular weight excluding hydrogens is 1020 g/mol. The highest BCUT2D eigenvalue weighted by molar-refractivity contribution is 6.24. The number of amides is 2. The molecule has 0 aliphatic rings. The SMILES string of the molecule is CCc1ccccc1NC(=O)c1cc2ccc3c4ccccc4[nH]c3c2c(N=Nc2ccc(N(c3ccc(C)cc3)c3ccc(N=Nc4c(O)c(C(=O)Nc5ccccc5CC)cc5ccc6c7ccccc7[nH]c6c45)cc3)cc2)c1O. The Balaban J connectivity index is 0.848. The van der Waals surface area contributed by atoms with Gasteiger partial charge in [-0.15, -0.1) is 10.2 Å². The number of phenols is 2. The number of aromatic hydroxyl groups is 2. The van der Waals surface area contributed by atoms with Crippen LogP contribution in [0.15, 0.2) is 227 Å². The van der Waals surface area contributed by atoms with E-state index in [2.05, 4.69) is 49.8 Å². The molecule has 13 rings (SSSR count). The molecular formula is C69H53N9O4. The summed E-state index contributed by atoms with van der Waals surface area (Å²) >= 11 is 0. The smallest absolute Gasteiger partial charge is 0.259 e. The molecule has 0 atom stereocenters. The van der Waals surface area contributed by atoms with Crippen molar-refractivity contribution in [1.29, 1.82) is 0 Å². The van der Waals surface area contributed by atoms with Gasteiger partial charge >= 0.3 is 0 Å². The summed E-state index contributed by atoms with van der Waals surface area (Å²) in [5, 5.41) is 55.8. The zero-order chi connectivity index (χ0) is 56.0. The largest absolute Gasteiger partial charge is 0.505 e. The fourth-order valence-corrected chi connectivity index (χ4v) is 11.1. The van der Waals surface area contributed by atoms with E-state index in [1.807, 2.05) is 191 Å². The summed E-state index contributed by atoms with van der Waals surface area (Å²) in [6.07, 6.45) is 1.44. The van der Waals surface area contributed by atoms with Gasteiger partial charge in [0.1, 0.15) is 11.4 Å². The lowest BCUT2D eigenvalue weighted by atomic mass is 10.00. The molecule has 0 saturated heterocycles. The number of anilines is 5. The number of aromatic nitrogens is 2. The van der Waals surface area contributed by atoms with Gasteiger partial charge in [0.05, 0.1) is 33.5 Å². The number of aromatic amines is 2. The molecule has 398 valence electrons. The van der Waals surface area contributed by atoms with E-state index in [0.717, 1.165) is 90.2 Å². The first-order valence-corrected chi connectivity index (χ1v) is 27.2. The minimum Gasteiger partial charge on any atom is -0.505 e. The van der Waals surface area contributed by atoms with Gasteiger partial charge in [-0.3, -0.25) is 9.59 Å². The van der Waals surface area contributed by atoms with E-state index in [1.54, 1.807) is 12.1 Å². The van der Waals surface area contributed by atoms with Gasteiger partial charge in [-0.05, 0) is 139 Å². The van der Waals surface area contributed by atoms with Gasteiger partial charge < -0.3 is 35.7 Å². The second-order valence-corrected chi connectivity index (χ2v) is 20.3. The fourth-order valence-electron chi connectivity index (χ4n) is 11.1. The van der Waals surface area contributed by atoms with Crippen molar-refractivity contribution in [3.8, 4) is 11.5 Å². The van der Waals surface area contributed by atoms with Crippen molar-refractivity contribution >= 4 is 128 Å². The number of phenolic OH excluding ortho intramolecular Hbond substituents is 2. The maximum Gasteiger partial charge on any atom is 0.259 e. The number of aryl methyl sites for hydroxylation is 3. The molecule has 0 aliphatic heterocycles. The van der Waals surface area contributed by atoms with Crippen molar-refractivity contribution in [1.82, 2.24) is 9.97 Å². The summed E-state index contributed by atoms with van der Waals surface area (Å²) < 4.78 is 0. The third-order valence-corrected chi connectivity index (χ3v) is 15.3. The lowest BCUT2D eigenvalue weighted by molar-refractivity contribution is 0.101. The highest BCUT2D eigenvalue weighted by atomic mass is 16.3. The van der Waals surface area contributed by atoms with Gasteiger partial charge in [0.2, 0.25) is 0 Å². The van der Waals surface area contributed by atoms with Gasteiger partial charge in [-0.2, -0.15) is 10.2 Å². The topological polar surface area (TPSA) is 183 Å². The summed E-state index contributed by atoms with van der Waals surface area (Å²) in [6.45, 7) is 6.10. The molecule has 0 aliphatic carbocycles. The first-order valence-electron chi connectivity index (χ1n) is 27.2. The first kappa shape index (κ1) is 50.6. The quantitative estimate of drug-likeness (QED) is 0.0627. The van der Waals surface area contributed by atoms with Crippen LogP contribution >= 0.6 is 0 Å². The average Bonchev–Trinajstić information content (AvgIpc) is 3.48. The Morgan fingerprint density at radius 1 is 0.451 bits per heavy atom.